The van der Waals surface area contributed by atoms with Gasteiger partial charge in [-0.15, -0.1) is 0 Å². The summed E-state index contributed by atoms with van der Waals surface area (Å²) >= 11 is 0. The fraction of sp³-hybridized carbons (Fsp3) is 0.524. The van der Waals surface area contributed by atoms with Crippen molar-refractivity contribution in [2.75, 3.05) is 6.61 Å². The van der Waals surface area contributed by atoms with Crippen molar-refractivity contribution in [3.05, 3.63) is 48.7 Å². The molecule has 0 spiro atoms. The van der Waals surface area contributed by atoms with E-state index in [1.165, 1.54) is 25.7 Å². The average molecular weight is 344 g/mol. The normalized spacial score (nSPS) is 12.6. The first-order valence-corrected chi connectivity index (χ1v) is 9.40. The molecule has 0 saturated heterocycles. The predicted octanol–water partition coefficient (Wildman–Crippen LogP) is 4.83. The smallest absolute Gasteiger partial charge is 0.244 e. The number of ether oxygens (including phenoxy) is 1. The number of rotatable bonds is 13. The monoisotopic (exact) mass is 344 g/mol. The van der Waals surface area contributed by atoms with Gasteiger partial charge in [0, 0.05) is 24.4 Å². The Morgan fingerprint density at radius 1 is 1.20 bits per heavy atom. The van der Waals surface area contributed by atoms with Crippen LogP contribution in [0.5, 0.6) is 5.88 Å². The van der Waals surface area contributed by atoms with Crippen LogP contribution in [0.1, 0.15) is 58.8 Å². The average Bonchev–Trinajstić information content (AvgIpc) is 2.63. The molecule has 1 amide bonds. The van der Waals surface area contributed by atoms with Crippen LogP contribution in [-0.4, -0.2) is 23.5 Å². The fourth-order valence-corrected chi connectivity index (χ4v) is 2.21. The van der Waals surface area contributed by atoms with Gasteiger partial charge in [-0.25, -0.2) is 4.98 Å². The van der Waals surface area contributed by atoms with E-state index in [-0.39, 0.29) is 11.9 Å². The van der Waals surface area contributed by atoms with E-state index in [1.807, 2.05) is 37.3 Å². The minimum absolute atomic E-state index is 0.0214. The van der Waals surface area contributed by atoms with Crippen molar-refractivity contribution in [2.45, 2.75) is 64.8 Å². The first-order valence-electron chi connectivity index (χ1n) is 9.40. The lowest BCUT2D eigenvalue weighted by Gasteiger charge is -2.07. The number of nitrogens with zero attached hydrogens (tertiary/aromatic N) is 1. The third-order valence-corrected chi connectivity index (χ3v) is 3.90. The molecule has 4 nitrogen and oxygen atoms in total. The van der Waals surface area contributed by atoms with Crippen molar-refractivity contribution in [3.8, 4) is 5.88 Å². The molecule has 0 saturated carbocycles. The molecule has 1 rings (SSSR count). The van der Waals surface area contributed by atoms with E-state index in [1.54, 1.807) is 12.3 Å². The Hall–Kier alpha value is -2.10. The van der Waals surface area contributed by atoms with Crippen LogP contribution >= 0.6 is 0 Å². The molecular formula is C21H32N2O2. The second kappa shape index (κ2) is 14.3. The van der Waals surface area contributed by atoms with Crippen molar-refractivity contribution in [2.24, 2.45) is 0 Å². The first-order chi connectivity index (χ1) is 12.2. The molecular weight excluding hydrogens is 312 g/mol. The van der Waals surface area contributed by atoms with Gasteiger partial charge >= 0.3 is 0 Å². The third kappa shape index (κ3) is 12.0. The number of aromatic nitrogens is 1. The maximum absolute atomic E-state index is 11.5. The molecule has 1 N–H and O–H groups in total. The fourth-order valence-electron chi connectivity index (χ4n) is 2.21. The lowest BCUT2D eigenvalue weighted by atomic mass is 10.1. The quantitative estimate of drug-likeness (QED) is 0.317. The van der Waals surface area contributed by atoms with Gasteiger partial charge in [-0.3, -0.25) is 4.79 Å². The molecule has 0 aromatic carbocycles. The molecule has 1 atom stereocenters. The number of nitrogens with one attached hydrogen (secondary N) is 1. The summed E-state index contributed by atoms with van der Waals surface area (Å²) in [4.78, 5) is 15.6. The van der Waals surface area contributed by atoms with Crippen molar-refractivity contribution in [3.63, 3.8) is 0 Å². The van der Waals surface area contributed by atoms with Crippen LogP contribution in [0.15, 0.2) is 48.7 Å². The highest BCUT2D eigenvalue weighted by Gasteiger charge is 1.99. The zero-order chi connectivity index (χ0) is 18.2. The number of carbonyl (C=O) groups excluding carboxylic acids is 1. The van der Waals surface area contributed by atoms with Crippen LogP contribution in [0.3, 0.4) is 0 Å². The van der Waals surface area contributed by atoms with Gasteiger partial charge < -0.3 is 10.1 Å². The van der Waals surface area contributed by atoms with E-state index in [0.29, 0.717) is 5.88 Å². The van der Waals surface area contributed by atoms with E-state index in [0.717, 1.165) is 25.9 Å². The molecule has 1 unspecified atom stereocenters. The van der Waals surface area contributed by atoms with Gasteiger partial charge in [0.2, 0.25) is 11.8 Å². The molecule has 0 fully saturated rings. The summed E-state index contributed by atoms with van der Waals surface area (Å²) in [5, 5.41) is 2.90. The Bertz CT molecular complexity index is 512. The molecule has 25 heavy (non-hydrogen) atoms. The van der Waals surface area contributed by atoms with Crippen LogP contribution in [0.4, 0.5) is 0 Å². The summed E-state index contributed by atoms with van der Waals surface area (Å²) in [6, 6.07) is 5.94. The van der Waals surface area contributed by atoms with Crippen molar-refractivity contribution < 1.29 is 9.53 Å². The summed E-state index contributed by atoms with van der Waals surface area (Å²) in [6.45, 7) is 4.80. The highest BCUT2D eigenvalue weighted by atomic mass is 16.5. The summed E-state index contributed by atoms with van der Waals surface area (Å²) in [7, 11) is 0. The first kappa shape index (κ1) is 20.9. The second-order valence-corrected chi connectivity index (χ2v) is 6.18. The number of hydrogen-bond donors (Lipinski definition) is 1. The van der Waals surface area contributed by atoms with E-state index < -0.39 is 0 Å². The van der Waals surface area contributed by atoms with Crippen LogP contribution < -0.4 is 10.1 Å². The van der Waals surface area contributed by atoms with E-state index in [2.05, 4.69) is 23.3 Å². The van der Waals surface area contributed by atoms with Gasteiger partial charge in [0.1, 0.15) is 0 Å². The topological polar surface area (TPSA) is 51.2 Å². The number of pyridine rings is 1. The van der Waals surface area contributed by atoms with Crippen molar-refractivity contribution >= 4 is 5.91 Å². The lowest BCUT2D eigenvalue weighted by molar-refractivity contribution is -0.117. The van der Waals surface area contributed by atoms with Crippen LogP contribution in [-0.2, 0) is 4.79 Å². The highest BCUT2D eigenvalue weighted by Crippen LogP contribution is 2.08. The number of hydrogen-bond acceptors (Lipinski definition) is 3. The predicted molar refractivity (Wildman–Crippen MR) is 104 cm³/mol. The molecule has 0 aliphatic carbocycles. The minimum Gasteiger partial charge on any atom is -0.478 e. The van der Waals surface area contributed by atoms with Gasteiger partial charge in [-0.05, 0) is 38.7 Å². The van der Waals surface area contributed by atoms with Gasteiger partial charge in [0.15, 0.2) is 0 Å². The van der Waals surface area contributed by atoms with E-state index in [4.69, 9.17) is 4.74 Å². The number of amides is 1. The molecule has 1 aromatic rings. The Morgan fingerprint density at radius 3 is 2.76 bits per heavy atom. The Morgan fingerprint density at radius 2 is 2.00 bits per heavy atom. The highest BCUT2D eigenvalue weighted by molar-refractivity contribution is 5.87. The maximum atomic E-state index is 11.5. The molecule has 0 aliphatic heterocycles. The van der Waals surface area contributed by atoms with Crippen LogP contribution in [0, 0.1) is 0 Å². The third-order valence-electron chi connectivity index (χ3n) is 3.90. The largest absolute Gasteiger partial charge is 0.478 e. The Labute approximate surface area is 152 Å². The number of unbranched alkanes of at least 4 members (excludes halogenated alkanes) is 5. The minimum atomic E-state index is -0.0214. The summed E-state index contributed by atoms with van der Waals surface area (Å²) in [5.74, 6) is 0.686. The maximum Gasteiger partial charge on any atom is 0.244 e. The lowest BCUT2D eigenvalue weighted by Crippen LogP contribution is -2.30. The molecule has 1 heterocycles. The molecule has 138 valence electrons. The second-order valence-electron chi connectivity index (χ2n) is 6.18. The van der Waals surface area contributed by atoms with Crippen molar-refractivity contribution in [1.82, 2.24) is 10.3 Å². The molecule has 0 aliphatic rings. The summed E-state index contributed by atoms with van der Waals surface area (Å²) < 4.78 is 5.57. The standard InChI is InChI=1S/C21H32N2O2/c1-3-19(2)23-20(24)15-11-9-7-5-4-6-8-10-14-18-25-21-16-12-13-17-22-21/h7,9,11-13,15-17,19H,3-6,8,10,14,18H2,1-2H3,(H,23,24). The van der Waals surface area contributed by atoms with Crippen LogP contribution in [0.25, 0.3) is 0 Å². The summed E-state index contributed by atoms with van der Waals surface area (Å²) in [6.07, 6.45) is 17.1. The SMILES string of the molecule is CCC(C)NC(=O)C=CC=CCCCCCCCOc1ccccn1. The van der Waals surface area contributed by atoms with Crippen LogP contribution in [0.2, 0.25) is 0 Å². The molecule has 0 bridgehead atoms. The number of carbonyl (C=O) groups is 1. The van der Waals surface area contributed by atoms with Crippen molar-refractivity contribution in [1.29, 1.82) is 0 Å². The van der Waals surface area contributed by atoms with E-state index >= 15 is 0 Å². The van der Waals surface area contributed by atoms with Gasteiger partial charge in [0.25, 0.3) is 0 Å². The number of allylic oxidation sites excluding steroid dienone is 3. The zero-order valence-corrected chi connectivity index (χ0v) is 15.6. The molecule has 1 aromatic heterocycles. The van der Waals surface area contributed by atoms with E-state index in [9.17, 15) is 4.79 Å². The van der Waals surface area contributed by atoms with Gasteiger partial charge in [-0.2, -0.15) is 0 Å². The molecule has 0 radical (unpaired) electrons. The Balaban J connectivity index is 1.92. The van der Waals surface area contributed by atoms with Gasteiger partial charge in [-0.1, -0.05) is 50.5 Å². The summed E-state index contributed by atoms with van der Waals surface area (Å²) in [5.41, 5.74) is 0. The molecule has 4 heteroatoms. The zero-order valence-electron chi connectivity index (χ0n) is 15.6. The Kier molecular flexibility index (Phi) is 11.9. The van der Waals surface area contributed by atoms with Gasteiger partial charge in [0.05, 0.1) is 6.61 Å².